The number of aromatic amines is 1. The Kier molecular flexibility index (Phi) is 2.10. The summed E-state index contributed by atoms with van der Waals surface area (Å²) >= 11 is 1.54. The Morgan fingerprint density at radius 1 is 1.31 bits per heavy atom. The monoisotopic (exact) mass is 191 g/mol. The molecule has 13 heavy (non-hydrogen) atoms. The summed E-state index contributed by atoms with van der Waals surface area (Å²) in [4.78, 5) is 14.3. The first-order valence-corrected chi connectivity index (χ1v) is 5.20. The summed E-state index contributed by atoms with van der Waals surface area (Å²) in [5.41, 5.74) is -0.0116. The van der Waals surface area contributed by atoms with Gasteiger partial charge in [0.15, 0.2) is 0 Å². The van der Waals surface area contributed by atoms with Gasteiger partial charge < -0.3 is 4.98 Å². The van der Waals surface area contributed by atoms with E-state index in [1.54, 1.807) is 11.8 Å². The number of hydrogen-bond donors (Lipinski definition) is 1. The van der Waals surface area contributed by atoms with E-state index >= 15 is 0 Å². The van der Waals surface area contributed by atoms with Crippen LogP contribution < -0.4 is 5.56 Å². The third-order valence-electron chi connectivity index (χ3n) is 1.95. The summed E-state index contributed by atoms with van der Waals surface area (Å²) in [6.07, 6.45) is 1.94. The first kappa shape index (κ1) is 8.38. The highest BCUT2D eigenvalue weighted by Gasteiger charge is 1.98. The van der Waals surface area contributed by atoms with Gasteiger partial charge in [0, 0.05) is 5.39 Å². The van der Waals surface area contributed by atoms with Crippen molar-refractivity contribution in [2.24, 2.45) is 0 Å². The number of fused-ring (bicyclic) bond motifs is 1. The topological polar surface area (TPSA) is 32.9 Å². The van der Waals surface area contributed by atoms with Crippen molar-refractivity contribution in [3.05, 3.63) is 40.7 Å². The molecule has 2 rings (SSSR count). The fourth-order valence-electron chi connectivity index (χ4n) is 1.30. The van der Waals surface area contributed by atoms with Gasteiger partial charge in [-0.05, 0) is 23.8 Å². The summed E-state index contributed by atoms with van der Waals surface area (Å²) in [6, 6.07) is 9.58. The van der Waals surface area contributed by atoms with Crippen LogP contribution in [0.2, 0.25) is 0 Å². The summed E-state index contributed by atoms with van der Waals surface area (Å²) in [5, 5.41) is 2.65. The predicted molar refractivity (Wildman–Crippen MR) is 56.3 cm³/mol. The maximum absolute atomic E-state index is 11.5. The Hall–Kier alpha value is -1.22. The van der Waals surface area contributed by atoms with Crippen LogP contribution in [-0.2, 0) is 0 Å². The summed E-state index contributed by atoms with van der Waals surface area (Å²) in [6.45, 7) is 0. The molecular formula is C10H9NOS. The van der Waals surface area contributed by atoms with Gasteiger partial charge in [0.1, 0.15) is 0 Å². The third-order valence-corrected chi connectivity index (χ3v) is 2.61. The molecule has 0 radical (unpaired) electrons. The first-order valence-electron chi connectivity index (χ1n) is 3.97. The average molecular weight is 191 g/mol. The molecule has 1 heterocycles. The number of pyridine rings is 1. The lowest BCUT2D eigenvalue weighted by Crippen LogP contribution is -2.06. The fraction of sp³-hybridized carbons (Fsp3) is 0.100. The number of hydrogen-bond acceptors (Lipinski definition) is 2. The lowest BCUT2D eigenvalue weighted by molar-refractivity contribution is 1.11. The maximum Gasteiger partial charge on any atom is 0.256 e. The minimum Gasteiger partial charge on any atom is -0.317 e. The molecule has 1 aromatic carbocycles. The van der Waals surface area contributed by atoms with E-state index in [1.807, 2.05) is 36.6 Å². The van der Waals surface area contributed by atoms with E-state index < -0.39 is 0 Å². The zero-order valence-electron chi connectivity index (χ0n) is 7.20. The molecule has 0 unspecified atom stereocenters. The zero-order chi connectivity index (χ0) is 9.26. The predicted octanol–water partition coefficient (Wildman–Crippen LogP) is 2.25. The summed E-state index contributed by atoms with van der Waals surface area (Å²) in [5.74, 6) is 0. The molecule has 0 saturated heterocycles. The van der Waals surface area contributed by atoms with Gasteiger partial charge in [-0.2, -0.15) is 0 Å². The van der Waals surface area contributed by atoms with Crippen LogP contribution in [0.25, 0.3) is 10.8 Å². The SMILES string of the molecule is CSc1cc2ccccc2c(=O)[nH]1. The number of benzene rings is 1. The molecule has 0 saturated carbocycles. The number of thioether (sulfide) groups is 1. The van der Waals surface area contributed by atoms with Crippen molar-refractivity contribution in [1.29, 1.82) is 0 Å². The second kappa shape index (κ2) is 3.26. The van der Waals surface area contributed by atoms with Crippen molar-refractivity contribution in [2.75, 3.05) is 6.26 Å². The lowest BCUT2D eigenvalue weighted by Gasteiger charge is -1.99. The molecule has 1 N–H and O–H groups in total. The van der Waals surface area contributed by atoms with Gasteiger partial charge in [0.25, 0.3) is 5.56 Å². The van der Waals surface area contributed by atoms with Crippen LogP contribution in [0.1, 0.15) is 0 Å². The van der Waals surface area contributed by atoms with E-state index in [0.29, 0.717) is 0 Å². The van der Waals surface area contributed by atoms with Crippen molar-refractivity contribution in [1.82, 2.24) is 4.98 Å². The van der Waals surface area contributed by atoms with E-state index in [2.05, 4.69) is 4.98 Å². The van der Waals surface area contributed by atoms with E-state index in [-0.39, 0.29) is 5.56 Å². The van der Waals surface area contributed by atoms with Crippen LogP contribution in [0.15, 0.2) is 40.2 Å². The summed E-state index contributed by atoms with van der Waals surface area (Å²) < 4.78 is 0. The van der Waals surface area contributed by atoms with Crippen LogP contribution in [0.5, 0.6) is 0 Å². The number of aromatic nitrogens is 1. The Labute approximate surface area is 80.0 Å². The van der Waals surface area contributed by atoms with Gasteiger partial charge in [-0.25, -0.2) is 0 Å². The maximum atomic E-state index is 11.5. The average Bonchev–Trinajstić information content (AvgIpc) is 2.18. The molecule has 0 aliphatic heterocycles. The number of H-pyrrole nitrogens is 1. The lowest BCUT2D eigenvalue weighted by atomic mass is 10.2. The molecular weight excluding hydrogens is 182 g/mol. The Bertz CT molecular complexity index is 489. The minimum absolute atomic E-state index is 0.0116. The molecule has 0 aliphatic carbocycles. The number of nitrogens with one attached hydrogen (secondary N) is 1. The molecule has 0 fully saturated rings. The van der Waals surface area contributed by atoms with E-state index in [0.717, 1.165) is 15.8 Å². The fourth-order valence-corrected chi connectivity index (χ4v) is 1.74. The van der Waals surface area contributed by atoms with Crippen LogP contribution in [-0.4, -0.2) is 11.2 Å². The molecule has 0 aliphatic rings. The van der Waals surface area contributed by atoms with Gasteiger partial charge >= 0.3 is 0 Å². The molecule has 0 amide bonds. The zero-order valence-corrected chi connectivity index (χ0v) is 8.02. The first-order chi connectivity index (χ1) is 6.31. The van der Waals surface area contributed by atoms with Crippen molar-refractivity contribution in [3.63, 3.8) is 0 Å². The van der Waals surface area contributed by atoms with Crippen LogP contribution in [0, 0.1) is 0 Å². The minimum atomic E-state index is -0.0116. The Balaban J connectivity index is 2.85. The normalized spacial score (nSPS) is 10.5. The third kappa shape index (κ3) is 1.47. The molecule has 66 valence electrons. The molecule has 3 heteroatoms. The van der Waals surface area contributed by atoms with Crippen LogP contribution in [0.4, 0.5) is 0 Å². The van der Waals surface area contributed by atoms with E-state index in [1.165, 1.54) is 0 Å². The standard InChI is InChI=1S/C10H9NOS/c1-13-9-6-7-4-2-3-5-8(7)10(12)11-9/h2-6H,1H3,(H,11,12). The Morgan fingerprint density at radius 2 is 2.08 bits per heavy atom. The summed E-state index contributed by atoms with van der Waals surface area (Å²) in [7, 11) is 0. The molecule has 0 bridgehead atoms. The van der Waals surface area contributed by atoms with Gasteiger partial charge in [-0.1, -0.05) is 18.2 Å². The second-order valence-electron chi connectivity index (χ2n) is 2.75. The molecule has 0 atom stereocenters. The molecule has 0 spiro atoms. The quantitative estimate of drug-likeness (QED) is 0.701. The highest BCUT2D eigenvalue weighted by molar-refractivity contribution is 7.98. The molecule has 2 nitrogen and oxygen atoms in total. The number of rotatable bonds is 1. The highest BCUT2D eigenvalue weighted by Crippen LogP contribution is 2.15. The molecule has 1 aromatic heterocycles. The largest absolute Gasteiger partial charge is 0.317 e. The van der Waals surface area contributed by atoms with Crippen LogP contribution in [0.3, 0.4) is 0 Å². The van der Waals surface area contributed by atoms with Gasteiger partial charge in [0.05, 0.1) is 5.03 Å². The van der Waals surface area contributed by atoms with E-state index in [9.17, 15) is 4.79 Å². The van der Waals surface area contributed by atoms with Crippen molar-refractivity contribution in [2.45, 2.75) is 5.03 Å². The van der Waals surface area contributed by atoms with Gasteiger partial charge in [0.2, 0.25) is 0 Å². The van der Waals surface area contributed by atoms with E-state index in [4.69, 9.17) is 0 Å². The Morgan fingerprint density at radius 3 is 2.85 bits per heavy atom. The smallest absolute Gasteiger partial charge is 0.256 e. The molecule has 2 aromatic rings. The van der Waals surface area contributed by atoms with Crippen molar-refractivity contribution in [3.8, 4) is 0 Å². The van der Waals surface area contributed by atoms with Gasteiger partial charge in [-0.15, -0.1) is 11.8 Å². The van der Waals surface area contributed by atoms with Gasteiger partial charge in [-0.3, -0.25) is 4.79 Å². The highest BCUT2D eigenvalue weighted by atomic mass is 32.2. The second-order valence-corrected chi connectivity index (χ2v) is 3.60. The van der Waals surface area contributed by atoms with Crippen molar-refractivity contribution >= 4 is 22.5 Å². The van der Waals surface area contributed by atoms with Crippen molar-refractivity contribution < 1.29 is 0 Å². The van der Waals surface area contributed by atoms with Crippen LogP contribution >= 0.6 is 11.8 Å².